The van der Waals surface area contributed by atoms with E-state index in [0.29, 0.717) is 5.92 Å². The van der Waals surface area contributed by atoms with Gasteiger partial charge >= 0.3 is 0 Å². The molecule has 0 saturated heterocycles. The van der Waals surface area contributed by atoms with E-state index in [1.165, 1.54) is 6.42 Å². The number of nitrogens with one attached hydrogen (secondary N) is 1. The van der Waals surface area contributed by atoms with Crippen LogP contribution in [0, 0.1) is 0 Å². The number of rotatable bonds is 5. The molecule has 2 amide bonds. The predicted molar refractivity (Wildman–Crippen MR) is 93.4 cm³/mol. The number of hydrogen-bond donors (Lipinski definition) is 1. The molecule has 126 valence electrons. The second-order valence-corrected chi connectivity index (χ2v) is 6.73. The van der Waals surface area contributed by atoms with Crippen molar-refractivity contribution in [1.29, 1.82) is 0 Å². The second-order valence-electron chi connectivity index (χ2n) is 6.73. The summed E-state index contributed by atoms with van der Waals surface area (Å²) in [5.41, 5.74) is 1.97. The summed E-state index contributed by atoms with van der Waals surface area (Å²) in [6, 6.07) is 8.07. The molecule has 4 nitrogen and oxygen atoms in total. The van der Waals surface area contributed by atoms with Crippen molar-refractivity contribution in [2.45, 2.75) is 64.8 Å². The lowest BCUT2D eigenvalue weighted by Gasteiger charge is -2.33. The van der Waals surface area contributed by atoms with Crippen LogP contribution < -0.4 is 5.32 Å². The number of amides is 2. The first-order chi connectivity index (χ1) is 11.0. The summed E-state index contributed by atoms with van der Waals surface area (Å²) < 4.78 is 0. The highest BCUT2D eigenvalue weighted by Gasteiger charge is 2.25. The van der Waals surface area contributed by atoms with Crippen molar-refractivity contribution in [3.8, 4) is 0 Å². The number of carbonyl (C=O) groups excluding carboxylic acids is 2. The highest BCUT2D eigenvalue weighted by atomic mass is 16.2. The molecular weight excluding hydrogens is 288 g/mol. The van der Waals surface area contributed by atoms with Gasteiger partial charge in [-0.05, 0) is 30.4 Å². The van der Waals surface area contributed by atoms with Crippen molar-refractivity contribution in [3.63, 3.8) is 0 Å². The summed E-state index contributed by atoms with van der Waals surface area (Å²) in [4.78, 5) is 26.1. The van der Waals surface area contributed by atoms with Gasteiger partial charge in [0.15, 0.2) is 0 Å². The maximum absolute atomic E-state index is 12.4. The van der Waals surface area contributed by atoms with E-state index in [0.717, 1.165) is 36.9 Å². The summed E-state index contributed by atoms with van der Waals surface area (Å²) in [5, 5.41) is 2.98. The molecule has 23 heavy (non-hydrogen) atoms. The van der Waals surface area contributed by atoms with Crippen molar-refractivity contribution in [1.82, 2.24) is 4.90 Å². The third-order valence-electron chi connectivity index (χ3n) is 4.59. The van der Waals surface area contributed by atoms with Crippen LogP contribution in [0.25, 0.3) is 0 Å². The molecule has 0 aromatic heterocycles. The Morgan fingerprint density at radius 3 is 2.43 bits per heavy atom. The Morgan fingerprint density at radius 2 is 1.83 bits per heavy atom. The van der Waals surface area contributed by atoms with Crippen molar-refractivity contribution in [3.05, 3.63) is 29.8 Å². The van der Waals surface area contributed by atoms with Crippen LogP contribution in [-0.2, 0) is 9.59 Å². The summed E-state index contributed by atoms with van der Waals surface area (Å²) in [5.74, 6) is 0.219. The molecule has 1 fully saturated rings. The van der Waals surface area contributed by atoms with E-state index in [9.17, 15) is 9.59 Å². The molecule has 1 aromatic carbocycles. The summed E-state index contributed by atoms with van der Waals surface area (Å²) in [6.45, 7) is 5.92. The van der Waals surface area contributed by atoms with Crippen LogP contribution >= 0.6 is 0 Å². The normalized spacial score (nSPS) is 15.5. The molecular formula is C19H28N2O2. The average molecular weight is 316 g/mol. The van der Waals surface area contributed by atoms with Gasteiger partial charge in [0.2, 0.25) is 11.8 Å². The first-order valence-electron chi connectivity index (χ1n) is 8.65. The van der Waals surface area contributed by atoms with Gasteiger partial charge in [0.05, 0.1) is 0 Å². The van der Waals surface area contributed by atoms with Crippen molar-refractivity contribution < 1.29 is 9.59 Å². The van der Waals surface area contributed by atoms with Crippen LogP contribution in [0.3, 0.4) is 0 Å². The van der Waals surface area contributed by atoms with Crippen LogP contribution in [0.15, 0.2) is 24.3 Å². The third kappa shape index (κ3) is 4.81. The molecule has 1 saturated carbocycles. The molecule has 0 radical (unpaired) electrons. The molecule has 0 bridgehead atoms. The van der Waals surface area contributed by atoms with Crippen LogP contribution in [0.2, 0.25) is 0 Å². The van der Waals surface area contributed by atoms with E-state index in [4.69, 9.17) is 0 Å². The number of hydrogen-bond acceptors (Lipinski definition) is 2. The number of para-hydroxylation sites is 1. The Hall–Kier alpha value is -1.84. The maximum atomic E-state index is 12.4. The molecule has 1 aliphatic carbocycles. The Morgan fingerprint density at radius 1 is 1.17 bits per heavy atom. The molecule has 1 aliphatic rings. The van der Waals surface area contributed by atoms with Gasteiger partial charge in [-0.15, -0.1) is 0 Å². The molecule has 0 unspecified atom stereocenters. The fourth-order valence-corrected chi connectivity index (χ4v) is 3.35. The van der Waals surface area contributed by atoms with E-state index in [2.05, 4.69) is 19.2 Å². The van der Waals surface area contributed by atoms with Crippen molar-refractivity contribution in [2.75, 3.05) is 11.9 Å². The van der Waals surface area contributed by atoms with Gasteiger partial charge in [0, 0.05) is 18.7 Å². The fourth-order valence-electron chi connectivity index (χ4n) is 3.35. The van der Waals surface area contributed by atoms with Crippen molar-refractivity contribution >= 4 is 17.5 Å². The van der Waals surface area contributed by atoms with Gasteiger partial charge in [0.1, 0.15) is 6.54 Å². The molecule has 2 rings (SSSR count). The Labute approximate surface area is 139 Å². The lowest BCUT2D eigenvalue weighted by molar-refractivity contribution is -0.135. The van der Waals surface area contributed by atoms with Gasteiger partial charge in [-0.3, -0.25) is 9.59 Å². The van der Waals surface area contributed by atoms with E-state index in [1.807, 2.05) is 24.3 Å². The SMILES string of the molecule is CC(=O)N(CC(=O)Nc1ccccc1C(C)C)C1CCCCC1. The highest BCUT2D eigenvalue weighted by Crippen LogP contribution is 2.25. The zero-order valence-corrected chi connectivity index (χ0v) is 14.5. The average Bonchev–Trinajstić information content (AvgIpc) is 2.53. The zero-order valence-electron chi connectivity index (χ0n) is 14.5. The zero-order chi connectivity index (χ0) is 16.8. The molecule has 0 aliphatic heterocycles. The van der Waals surface area contributed by atoms with Gasteiger partial charge < -0.3 is 10.2 Å². The van der Waals surface area contributed by atoms with Gasteiger partial charge in [-0.2, -0.15) is 0 Å². The lowest BCUT2D eigenvalue weighted by Crippen LogP contribution is -2.44. The van der Waals surface area contributed by atoms with Crippen molar-refractivity contribution in [2.24, 2.45) is 0 Å². The van der Waals surface area contributed by atoms with E-state index >= 15 is 0 Å². The van der Waals surface area contributed by atoms with Crippen LogP contribution in [-0.4, -0.2) is 29.3 Å². The second kappa shape index (κ2) is 8.14. The van der Waals surface area contributed by atoms with E-state index in [1.54, 1.807) is 11.8 Å². The smallest absolute Gasteiger partial charge is 0.244 e. The van der Waals surface area contributed by atoms with E-state index < -0.39 is 0 Å². The molecule has 1 N–H and O–H groups in total. The van der Waals surface area contributed by atoms with E-state index in [-0.39, 0.29) is 24.4 Å². The Kier molecular flexibility index (Phi) is 6.20. The van der Waals surface area contributed by atoms with Gasteiger partial charge in [-0.1, -0.05) is 51.3 Å². The first-order valence-corrected chi connectivity index (χ1v) is 8.65. The topological polar surface area (TPSA) is 49.4 Å². The Balaban J connectivity index is 2.03. The molecule has 0 heterocycles. The quantitative estimate of drug-likeness (QED) is 0.895. The fraction of sp³-hybridized carbons (Fsp3) is 0.579. The largest absolute Gasteiger partial charge is 0.331 e. The summed E-state index contributed by atoms with van der Waals surface area (Å²) >= 11 is 0. The molecule has 0 atom stereocenters. The predicted octanol–water partition coefficient (Wildman–Crippen LogP) is 3.93. The minimum atomic E-state index is -0.112. The van der Waals surface area contributed by atoms with Crippen LogP contribution in [0.1, 0.15) is 64.4 Å². The molecule has 1 aromatic rings. The van der Waals surface area contributed by atoms with Gasteiger partial charge in [-0.25, -0.2) is 0 Å². The van der Waals surface area contributed by atoms with Gasteiger partial charge in [0.25, 0.3) is 0 Å². The molecule has 4 heteroatoms. The Bertz CT molecular complexity index is 548. The highest BCUT2D eigenvalue weighted by molar-refractivity contribution is 5.95. The molecule has 0 spiro atoms. The lowest BCUT2D eigenvalue weighted by atomic mass is 9.94. The summed E-state index contributed by atoms with van der Waals surface area (Å²) in [6.07, 6.45) is 5.54. The minimum absolute atomic E-state index is 0.0100. The third-order valence-corrected chi connectivity index (χ3v) is 4.59. The standard InChI is InChI=1S/C19H28N2O2/c1-14(2)17-11-7-8-12-18(17)20-19(23)13-21(15(3)22)16-9-5-4-6-10-16/h7-8,11-12,14,16H,4-6,9-10,13H2,1-3H3,(H,20,23). The van der Waals surface area contributed by atoms with Crippen LogP contribution in [0.5, 0.6) is 0 Å². The minimum Gasteiger partial charge on any atom is -0.331 e. The monoisotopic (exact) mass is 316 g/mol. The number of benzene rings is 1. The number of carbonyl (C=O) groups is 2. The number of anilines is 1. The van der Waals surface area contributed by atoms with Crippen LogP contribution in [0.4, 0.5) is 5.69 Å². The summed E-state index contributed by atoms with van der Waals surface area (Å²) in [7, 11) is 0. The maximum Gasteiger partial charge on any atom is 0.244 e. The first kappa shape index (κ1) is 17.5. The number of nitrogens with zero attached hydrogens (tertiary/aromatic N) is 1.